The zero-order valence-electron chi connectivity index (χ0n) is 15.0. The Balaban J connectivity index is 2.12. The molecule has 3 rings (SSSR count). The number of imidazole rings is 1. The topological polar surface area (TPSA) is 101 Å². The fourth-order valence-corrected chi connectivity index (χ4v) is 5.80. The molecule has 0 saturated heterocycles. The van der Waals surface area contributed by atoms with Crippen LogP contribution >= 0.6 is 23.1 Å². The molecular weight excluding hydrogens is 406 g/mol. The molecule has 0 unspecified atom stereocenters. The second kappa shape index (κ2) is 7.63. The maximum atomic E-state index is 12.7. The van der Waals surface area contributed by atoms with Gasteiger partial charge in [0.25, 0.3) is 10.0 Å². The minimum absolute atomic E-state index is 0.000338. The van der Waals surface area contributed by atoms with Crippen molar-refractivity contribution < 1.29 is 13.5 Å². The summed E-state index contributed by atoms with van der Waals surface area (Å²) in [6.07, 6.45) is 0. The summed E-state index contributed by atoms with van der Waals surface area (Å²) in [6, 6.07) is 6.43. The SMILES string of the molecule is Cc1ccc(S(=O)(=O)Nc2nc(=O)n3c(C)c(C)sc(SCCO)c2-3)cc1. The number of aromatic nitrogens is 2. The highest BCUT2D eigenvalue weighted by Gasteiger charge is 2.26. The smallest absolute Gasteiger partial charge is 0.354 e. The monoisotopic (exact) mass is 425 g/mol. The number of nitrogens with zero attached hydrogens (tertiary/aromatic N) is 2. The first-order chi connectivity index (χ1) is 12.7. The van der Waals surface area contributed by atoms with Gasteiger partial charge in [-0.3, -0.25) is 9.29 Å². The van der Waals surface area contributed by atoms with E-state index in [2.05, 4.69) is 9.71 Å². The first-order valence-corrected chi connectivity index (χ1v) is 11.4. The van der Waals surface area contributed by atoms with E-state index in [1.165, 1.54) is 39.8 Å². The average molecular weight is 426 g/mol. The van der Waals surface area contributed by atoms with Gasteiger partial charge in [0.1, 0.15) is 5.69 Å². The van der Waals surface area contributed by atoms with E-state index >= 15 is 0 Å². The van der Waals surface area contributed by atoms with Crippen LogP contribution < -0.4 is 10.4 Å². The Morgan fingerprint density at radius 1 is 1.22 bits per heavy atom. The van der Waals surface area contributed by atoms with Crippen LogP contribution in [0.25, 0.3) is 5.69 Å². The van der Waals surface area contributed by atoms with Gasteiger partial charge in [-0.2, -0.15) is 4.98 Å². The van der Waals surface area contributed by atoms with E-state index < -0.39 is 15.7 Å². The van der Waals surface area contributed by atoms with Gasteiger partial charge < -0.3 is 5.11 Å². The van der Waals surface area contributed by atoms with Crippen molar-refractivity contribution in [3.05, 3.63) is 50.9 Å². The molecule has 1 aromatic carbocycles. The highest BCUT2D eigenvalue weighted by Crippen LogP contribution is 2.38. The van der Waals surface area contributed by atoms with E-state index in [1.54, 1.807) is 19.1 Å². The number of aliphatic hydroxyl groups is 1. The van der Waals surface area contributed by atoms with E-state index in [1.807, 2.05) is 13.8 Å². The molecule has 144 valence electrons. The van der Waals surface area contributed by atoms with Crippen LogP contribution in [0.3, 0.4) is 0 Å². The van der Waals surface area contributed by atoms with Gasteiger partial charge in [0.05, 0.1) is 15.7 Å². The third-order valence-electron chi connectivity index (χ3n) is 4.02. The van der Waals surface area contributed by atoms with E-state index in [0.717, 1.165) is 14.6 Å². The fourth-order valence-electron chi connectivity index (χ4n) is 2.53. The lowest BCUT2D eigenvalue weighted by molar-refractivity contribution is 0.322. The lowest BCUT2D eigenvalue weighted by Crippen LogP contribution is -2.17. The standard InChI is InChI=1S/C17H19N3O4S3/c1-10-4-6-13(7-5-10)27(23,24)19-15-14-16(25-9-8-21)26-12(3)11(2)20(14)17(22)18-15/h4-7,21H,8-9H2,1-3H3,(H,18,19,22). The van der Waals surface area contributed by atoms with E-state index in [4.69, 9.17) is 5.11 Å². The lowest BCUT2D eigenvalue weighted by Gasteiger charge is -2.15. The second-order valence-electron chi connectivity index (χ2n) is 5.95. The maximum absolute atomic E-state index is 12.7. The number of nitrogens with one attached hydrogen (secondary N) is 1. The van der Waals surface area contributed by atoms with Gasteiger partial charge in [-0.15, -0.1) is 23.1 Å². The quantitative estimate of drug-likeness (QED) is 0.589. The van der Waals surface area contributed by atoms with Crippen LogP contribution in [0.15, 0.2) is 38.2 Å². The number of aliphatic hydroxyl groups excluding tert-OH is 1. The van der Waals surface area contributed by atoms with Gasteiger partial charge in [0.15, 0.2) is 5.82 Å². The van der Waals surface area contributed by atoms with Crippen molar-refractivity contribution in [3.63, 3.8) is 0 Å². The van der Waals surface area contributed by atoms with Gasteiger partial charge in [-0.05, 0) is 32.9 Å². The van der Waals surface area contributed by atoms with Crippen molar-refractivity contribution in [1.29, 1.82) is 0 Å². The number of hydrogen-bond acceptors (Lipinski definition) is 7. The van der Waals surface area contributed by atoms with Crippen LogP contribution in [0.2, 0.25) is 0 Å². The molecule has 0 atom stereocenters. The molecule has 10 heteroatoms. The Morgan fingerprint density at radius 2 is 1.89 bits per heavy atom. The molecule has 2 aliphatic rings. The minimum atomic E-state index is -3.89. The summed E-state index contributed by atoms with van der Waals surface area (Å²) in [5.74, 6) is 0.429. The minimum Gasteiger partial charge on any atom is -0.396 e. The predicted molar refractivity (Wildman–Crippen MR) is 108 cm³/mol. The van der Waals surface area contributed by atoms with Crippen molar-refractivity contribution in [2.45, 2.75) is 29.9 Å². The summed E-state index contributed by atoms with van der Waals surface area (Å²) in [4.78, 5) is 17.4. The number of benzene rings is 1. The summed E-state index contributed by atoms with van der Waals surface area (Å²) in [7, 11) is -3.89. The molecule has 0 aliphatic carbocycles. The van der Waals surface area contributed by atoms with Gasteiger partial charge in [-0.1, -0.05) is 17.7 Å². The third kappa shape index (κ3) is 3.88. The van der Waals surface area contributed by atoms with Crippen molar-refractivity contribution in [3.8, 4) is 5.69 Å². The molecule has 1 aromatic rings. The molecule has 2 aliphatic heterocycles. The summed E-state index contributed by atoms with van der Waals surface area (Å²) in [5, 5.41) is 9.14. The first-order valence-electron chi connectivity index (χ1n) is 8.10. The number of fused-ring (bicyclic) bond motifs is 1. The molecule has 2 heterocycles. The van der Waals surface area contributed by atoms with E-state index in [9.17, 15) is 13.2 Å². The van der Waals surface area contributed by atoms with Gasteiger partial charge in [-0.25, -0.2) is 13.2 Å². The summed E-state index contributed by atoms with van der Waals surface area (Å²) in [6.45, 7) is 5.52. The maximum Gasteiger partial charge on any atom is 0.354 e. The Morgan fingerprint density at radius 3 is 2.52 bits per heavy atom. The van der Waals surface area contributed by atoms with Crippen LogP contribution in [0.4, 0.5) is 5.82 Å². The van der Waals surface area contributed by atoms with Crippen LogP contribution in [-0.4, -0.2) is 35.4 Å². The summed E-state index contributed by atoms with van der Waals surface area (Å²) in [5.41, 5.74) is 1.54. The fraction of sp³-hybridized carbons (Fsp3) is 0.294. The second-order valence-corrected chi connectivity index (χ2v) is 10.2. The van der Waals surface area contributed by atoms with E-state index in [-0.39, 0.29) is 17.3 Å². The summed E-state index contributed by atoms with van der Waals surface area (Å²) >= 11 is 2.80. The number of hydrogen-bond donors (Lipinski definition) is 2. The molecule has 0 bridgehead atoms. The van der Waals surface area contributed by atoms with Crippen LogP contribution in [0.5, 0.6) is 0 Å². The zero-order valence-corrected chi connectivity index (χ0v) is 17.5. The number of anilines is 1. The average Bonchev–Trinajstić information content (AvgIpc) is 2.93. The number of rotatable bonds is 6. The van der Waals surface area contributed by atoms with E-state index in [0.29, 0.717) is 17.1 Å². The molecule has 7 nitrogen and oxygen atoms in total. The molecule has 27 heavy (non-hydrogen) atoms. The molecule has 0 spiro atoms. The van der Waals surface area contributed by atoms with Crippen molar-refractivity contribution in [2.24, 2.45) is 0 Å². The number of sulfonamides is 1. The highest BCUT2D eigenvalue weighted by molar-refractivity contribution is 8.01. The Hall–Kier alpha value is -1.88. The highest BCUT2D eigenvalue weighted by atomic mass is 32.2. The molecule has 2 N–H and O–H groups in total. The Bertz CT molecular complexity index is 1100. The molecule has 0 amide bonds. The molecule has 0 aromatic heterocycles. The molecule has 0 saturated carbocycles. The van der Waals surface area contributed by atoms with Crippen LogP contribution in [0, 0.1) is 20.8 Å². The van der Waals surface area contributed by atoms with Crippen molar-refractivity contribution >= 4 is 38.9 Å². The molecule has 0 fully saturated rings. The van der Waals surface area contributed by atoms with Crippen LogP contribution in [-0.2, 0) is 10.0 Å². The Labute approximate surface area is 165 Å². The lowest BCUT2D eigenvalue weighted by atomic mass is 10.2. The summed E-state index contributed by atoms with van der Waals surface area (Å²) < 4.78 is 30.1. The van der Waals surface area contributed by atoms with Gasteiger partial charge in [0, 0.05) is 16.3 Å². The van der Waals surface area contributed by atoms with Gasteiger partial charge in [0.2, 0.25) is 0 Å². The van der Waals surface area contributed by atoms with Crippen molar-refractivity contribution in [1.82, 2.24) is 9.55 Å². The normalized spacial score (nSPS) is 11.9. The molecule has 0 radical (unpaired) electrons. The number of aryl methyl sites for hydroxylation is 2. The predicted octanol–water partition coefficient (Wildman–Crippen LogP) is 2.54. The first kappa shape index (κ1) is 19.9. The van der Waals surface area contributed by atoms with Crippen LogP contribution in [0.1, 0.15) is 16.1 Å². The third-order valence-corrected chi connectivity index (χ3v) is 7.80. The molecular formula is C17H19N3O4S3. The van der Waals surface area contributed by atoms with Gasteiger partial charge >= 0.3 is 5.69 Å². The largest absolute Gasteiger partial charge is 0.396 e. The Kier molecular flexibility index (Phi) is 5.61. The van der Waals surface area contributed by atoms with Crippen molar-refractivity contribution in [2.75, 3.05) is 17.1 Å². The zero-order chi connectivity index (χ0) is 19.8. The number of thioether (sulfide) groups is 1.